The quantitative estimate of drug-likeness (QED) is 0.837. The number of aromatic nitrogens is 2. The van der Waals surface area contributed by atoms with E-state index in [1.54, 1.807) is 0 Å². The molecule has 1 aromatic heterocycles. The SMILES string of the molecule is [C-]#[N+]c1ccc2n[nH]c(C3CC3CN(C)C)c2c1. The molecule has 1 aliphatic rings. The Morgan fingerprint density at radius 3 is 3.06 bits per heavy atom. The van der Waals surface area contributed by atoms with Crippen LogP contribution >= 0.6 is 0 Å². The van der Waals surface area contributed by atoms with Crippen molar-refractivity contribution in [3.8, 4) is 0 Å². The van der Waals surface area contributed by atoms with E-state index < -0.39 is 0 Å². The number of nitrogens with zero attached hydrogens (tertiary/aromatic N) is 3. The number of hydrogen-bond donors (Lipinski definition) is 1. The molecule has 1 aromatic carbocycles. The summed E-state index contributed by atoms with van der Waals surface area (Å²) in [6.45, 7) is 8.20. The van der Waals surface area contributed by atoms with Crippen molar-refractivity contribution in [2.45, 2.75) is 12.3 Å². The molecule has 0 spiro atoms. The lowest BCUT2D eigenvalue weighted by Gasteiger charge is -2.07. The second-order valence-corrected chi connectivity index (χ2v) is 5.32. The molecule has 2 aromatic rings. The molecule has 1 heterocycles. The van der Waals surface area contributed by atoms with E-state index in [4.69, 9.17) is 6.57 Å². The molecule has 1 aliphatic carbocycles. The van der Waals surface area contributed by atoms with Crippen molar-refractivity contribution in [2.75, 3.05) is 20.6 Å². The van der Waals surface area contributed by atoms with Gasteiger partial charge in [0.15, 0.2) is 5.69 Å². The van der Waals surface area contributed by atoms with Crippen LogP contribution in [0, 0.1) is 12.5 Å². The monoisotopic (exact) mass is 240 g/mol. The van der Waals surface area contributed by atoms with E-state index in [0.717, 1.165) is 23.4 Å². The maximum absolute atomic E-state index is 7.09. The van der Waals surface area contributed by atoms with Gasteiger partial charge in [-0.15, -0.1) is 0 Å². The summed E-state index contributed by atoms with van der Waals surface area (Å²) < 4.78 is 0. The summed E-state index contributed by atoms with van der Waals surface area (Å²) in [7, 11) is 4.22. The van der Waals surface area contributed by atoms with Crippen LogP contribution in [-0.4, -0.2) is 35.7 Å². The Morgan fingerprint density at radius 2 is 2.33 bits per heavy atom. The molecule has 1 fully saturated rings. The number of fused-ring (bicyclic) bond motifs is 1. The Bertz CT molecular complexity index is 620. The fraction of sp³-hybridized carbons (Fsp3) is 0.429. The number of nitrogens with one attached hydrogen (secondary N) is 1. The molecule has 1 saturated carbocycles. The van der Waals surface area contributed by atoms with E-state index in [1.807, 2.05) is 18.2 Å². The summed E-state index contributed by atoms with van der Waals surface area (Å²) in [5, 5.41) is 8.61. The van der Waals surface area contributed by atoms with Crippen molar-refractivity contribution in [1.29, 1.82) is 0 Å². The predicted octanol–water partition coefficient (Wildman–Crippen LogP) is 2.78. The molecule has 0 amide bonds. The molecule has 4 nitrogen and oxygen atoms in total. The summed E-state index contributed by atoms with van der Waals surface area (Å²) in [5.74, 6) is 1.30. The Morgan fingerprint density at radius 1 is 1.50 bits per heavy atom. The van der Waals surface area contributed by atoms with Crippen molar-refractivity contribution in [1.82, 2.24) is 15.1 Å². The van der Waals surface area contributed by atoms with Crippen molar-refractivity contribution < 1.29 is 0 Å². The zero-order valence-corrected chi connectivity index (χ0v) is 10.6. The first-order valence-electron chi connectivity index (χ1n) is 6.19. The highest BCUT2D eigenvalue weighted by Crippen LogP contribution is 2.49. The van der Waals surface area contributed by atoms with E-state index in [9.17, 15) is 0 Å². The second-order valence-electron chi connectivity index (χ2n) is 5.32. The Balaban J connectivity index is 1.92. The molecular formula is C14H16N4. The van der Waals surface area contributed by atoms with Crippen LogP contribution < -0.4 is 0 Å². The van der Waals surface area contributed by atoms with Gasteiger partial charge in [-0.1, -0.05) is 6.07 Å². The van der Waals surface area contributed by atoms with Gasteiger partial charge in [0, 0.05) is 23.5 Å². The number of benzene rings is 1. The van der Waals surface area contributed by atoms with Crippen molar-refractivity contribution in [3.63, 3.8) is 0 Å². The van der Waals surface area contributed by atoms with E-state index in [0.29, 0.717) is 11.6 Å². The summed E-state index contributed by atoms with van der Waals surface area (Å²) in [6, 6.07) is 5.70. The largest absolute Gasteiger partial charge is 0.309 e. The Kier molecular flexibility index (Phi) is 2.57. The summed E-state index contributed by atoms with van der Waals surface area (Å²) in [5.41, 5.74) is 2.87. The molecule has 0 radical (unpaired) electrons. The van der Waals surface area contributed by atoms with Crippen LogP contribution in [0.1, 0.15) is 18.0 Å². The third-order valence-corrected chi connectivity index (χ3v) is 3.59. The minimum absolute atomic E-state index is 0.582. The average molecular weight is 240 g/mol. The zero-order valence-electron chi connectivity index (χ0n) is 10.6. The van der Waals surface area contributed by atoms with Gasteiger partial charge in [-0.25, -0.2) is 4.85 Å². The second kappa shape index (κ2) is 4.11. The van der Waals surface area contributed by atoms with Crippen LogP contribution in [-0.2, 0) is 0 Å². The highest BCUT2D eigenvalue weighted by atomic mass is 15.1. The van der Waals surface area contributed by atoms with Gasteiger partial charge in [0.25, 0.3) is 0 Å². The van der Waals surface area contributed by atoms with Gasteiger partial charge in [-0.05, 0) is 38.6 Å². The average Bonchev–Trinajstić information content (AvgIpc) is 2.97. The van der Waals surface area contributed by atoms with E-state index >= 15 is 0 Å². The smallest absolute Gasteiger partial charge is 0.188 e. The van der Waals surface area contributed by atoms with E-state index in [-0.39, 0.29) is 0 Å². The number of aromatic amines is 1. The lowest BCUT2D eigenvalue weighted by molar-refractivity contribution is 0.385. The Labute approximate surface area is 106 Å². The van der Waals surface area contributed by atoms with Crippen LogP contribution in [0.25, 0.3) is 15.7 Å². The first kappa shape index (κ1) is 11.2. The summed E-state index contributed by atoms with van der Waals surface area (Å²) in [6.07, 6.45) is 1.22. The molecule has 0 aliphatic heterocycles. The Hall–Kier alpha value is -1.86. The van der Waals surface area contributed by atoms with Gasteiger partial charge >= 0.3 is 0 Å². The van der Waals surface area contributed by atoms with Crippen molar-refractivity contribution in [3.05, 3.63) is 35.3 Å². The van der Waals surface area contributed by atoms with Crippen molar-refractivity contribution >= 4 is 16.6 Å². The molecule has 0 saturated heterocycles. The minimum atomic E-state index is 0.582. The maximum Gasteiger partial charge on any atom is 0.188 e. The lowest BCUT2D eigenvalue weighted by Crippen LogP contribution is -2.15. The molecule has 1 N–H and O–H groups in total. The minimum Gasteiger partial charge on any atom is -0.309 e. The van der Waals surface area contributed by atoms with Crippen LogP contribution in [0.15, 0.2) is 18.2 Å². The van der Waals surface area contributed by atoms with Gasteiger partial charge in [0.05, 0.1) is 12.1 Å². The van der Waals surface area contributed by atoms with E-state index in [2.05, 4.69) is 34.0 Å². The summed E-state index contributed by atoms with van der Waals surface area (Å²) in [4.78, 5) is 5.72. The highest BCUT2D eigenvalue weighted by molar-refractivity contribution is 5.85. The first-order chi connectivity index (χ1) is 8.69. The number of rotatable bonds is 3. The standard InChI is InChI=1S/C14H16N4/c1-15-10-4-5-13-12(7-10)14(17-16-13)11-6-9(11)8-18(2)3/h4-5,7,9,11H,6,8H2,2-3H3,(H,16,17). The molecule has 4 heteroatoms. The van der Waals surface area contributed by atoms with Crippen LogP contribution in [0.2, 0.25) is 0 Å². The van der Waals surface area contributed by atoms with Crippen LogP contribution in [0.5, 0.6) is 0 Å². The lowest BCUT2D eigenvalue weighted by atomic mass is 10.1. The van der Waals surface area contributed by atoms with Gasteiger partial charge in [-0.2, -0.15) is 5.10 Å². The third-order valence-electron chi connectivity index (χ3n) is 3.59. The van der Waals surface area contributed by atoms with Gasteiger partial charge in [-0.3, -0.25) is 5.10 Å². The normalized spacial score (nSPS) is 22.3. The molecule has 2 atom stereocenters. The number of hydrogen-bond acceptors (Lipinski definition) is 2. The predicted molar refractivity (Wildman–Crippen MR) is 71.8 cm³/mol. The maximum atomic E-state index is 7.09. The van der Waals surface area contributed by atoms with E-state index in [1.165, 1.54) is 12.1 Å². The van der Waals surface area contributed by atoms with Crippen LogP contribution in [0.4, 0.5) is 5.69 Å². The first-order valence-corrected chi connectivity index (χ1v) is 6.19. The molecule has 0 bridgehead atoms. The fourth-order valence-electron chi connectivity index (χ4n) is 2.64. The van der Waals surface area contributed by atoms with Gasteiger partial charge < -0.3 is 4.90 Å². The molecule has 92 valence electrons. The molecule has 2 unspecified atom stereocenters. The third kappa shape index (κ3) is 1.87. The fourth-order valence-corrected chi connectivity index (χ4v) is 2.64. The topological polar surface area (TPSA) is 36.3 Å². The highest BCUT2D eigenvalue weighted by Gasteiger charge is 2.40. The molecule has 3 rings (SSSR count). The zero-order chi connectivity index (χ0) is 12.7. The van der Waals surface area contributed by atoms with Gasteiger partial charge in [0.2, 0.25) is 0 Å². The molecule has 18 heavy (non-hydrogen) atoms. The van der Waals surface area contributed by atoms with Gasteiger partial charge in [0.1, 0.15) is 0 Å². The molecular weight excluding hydrogens is 224 g/mol. The van der Waals surface area contributed by atoms with Crippen LogP contribution in [0.3, 0.4) is 0 Å². The van der Waals surface area contributed by atoms with Crippen molar-refractivity contribution in [2.24, 2.45) is 5.92 Å². The number of H-pyrrole nitrogens is 1. The summed E-state index contributed by atoms with van der Waals surface area (Å²) >= 11 is 0.